The van der Waals surface area contributed by atoms with Gasteiger partial charge in [-0.15, -0.1) is 5.92 Å². The number of rotatable bonds is 13. The topological polar surface area (TPSA) is 50.8 Å². The van der Waals surface area contributed by atoms with Gasteiger partial charge in [0.2, 0.25) is 0 Å². The minimum atomic E-state index is -0.353. The van der Waals surface area contributed by atoms with Crippen LogP contribution in [0.2, 0.25) is 0 Å². The summed E-state index contributed by atoms with van der Waals surface area (Å²) in [5.41, 5.74) is 2.47. The van der Waals surface area contributed by atoms with Crippen LogP contribution in [-0.4, -0.2) is 50.3 Å². The molecule has 0 unspecified atom stereocenters. The molecular formula is C27H34N2O3. The summed E-state index contributed by atoms with van der Waals surface area (Å²) in [4.78, 5) is 13.6. The van der Waals surface area contributed by atoms with Gasteiger partial charge >= 0.3 is 5.97 Å². The second-order valence-corrected chi connectivity index (χ2v) is 7.43. The lowest BCUT2D eigenvalue weighted by atomic mass is 10.0. The molecule has 32 heavy (non-hydrogen) atoms. The van der Waals surface area contributed by atoms with Crippen molar-refractivity contribution in [3.8, 4) is 17.6 Å². The predicted octanol–water partition coefficient (Wildman–Crippen LogP) is 3.84. The highest BCUT2D eigenvalue weighted by molar-refractivity contribution is 5.81. The van der Waals surface area contributed by atoms with Crippen LogP contribution < -0.4 is 10.1 Å². The van der Waals surface area contributed by atoms with E-state index in [1.807, 2.05) is 25.1 Å². The van der Waals surface area contributed by atoms with E-state index in [1.54, 1.807) is 13.0 Å². The van der Waals surface area contributed by atoms with Crippen molar-refractivity contribution in [3.05, 3.63) is 77.9 Å². The number of nitrogens with zero attached hydrogens (tertiary/aromatic N) is 1. The quantitative estimate of drug-likeness (QED) is 0.295. The lowest BCUT2D eigenvalue weighted by Gasteiger charge is -2.27. The summed E-state index contributed by atoms with van der Waals surface area (Å²) in [6.45, 7) is 6.74. The Kier molecular flexibility index (Phi) is 11.7. The largest absolute Gasteiger partial charge is 0.490 e. The van der Waals surface area contributed by atoms with Gasteiger partial charge in [0.15, 0.2) is 0 Å². The van der Waals surface area contributed by atoms with Gasteiger partial charge in [-0.1, -0.05) is 48.4 Å². The number of carbonyl (C=O) groups excluding carboxylic acids is 1. The van der Waals surface area contributed by atoms with Crippen LogP contribution in [0.3, 0.4) is 0 Å². The van der Waals surface area contributed by atoms with E-state index in [-0.39, 0.29) is 5.97 Å². The first-order valence-corrected chi connectivity index (χ1v) is 11.0. The van der Waals surface area contributed by atoms with E-state index in [0.29, 0.717) is 19.3 Å². The van der Waals surface area contributed by atoms with Crippen LogP contribution >= 0.6 is 0 Å². The molecule has 0 saturated carbocycles. The molecule has 0 spiro atoms. The maximum Gasteiger partial charge on any atom is 0.330 e. The Bertz CT molecular complexity index is 900. The normalized spacial score (nSPS) is 11.8. The van der Waals surface area contributed by atoms with Crippen LogP contribution in [0.1, 0.15) is 25.0 Å². The number of benzene rings is 2. The zero-order chi connectivity index (χ0) is 23.0. The van der Waals surface area contributed by atoms with Crippen molar-refractivity contribution in [3.63, 3.8) is 0 Å². The van der Waals surface area contributed by atoms with Gasteiger partial charge in [0.05, 0.1) is 13.2 Å². The second kappa shape index (κ2) is 14.9. The zero-order valence-electron chi connectivity index (χ0n) is 19.3. The number of nitrogens with one attached hydrogen (secondary N) is 1. The SMILES string of the molecule is CC#CCN(C)[C@H](CNCc1ccccc1)Cc1cccc(OC/C=C/C(=O)OCC)c1. The number of carbonyl (C=O) groups is 1. The van der Waals surface area contributed by atoms with Gasteiger partial charge in [-0.3, -0.25) is 4.90 Å². The van der Waals surface area contributed by atoms with Crippen molar-refractivity contribution in [1.29, 1.82) is 0 Å². The van der Waals surface area contributed by atoms with Gasteiger partial charge in [0, 0.05) is 25.2 Å². The number of hydrogen-bond donors (Lipinski definition) is 1. The molecule has 0 aliphatic rings. The molecule has 1 N–H and O–H groups in total. The van der Waals surface area contributed by atoms with Crippen molar-refractivity contribution < 1.29 is 14.3 Å². The zero-order valence-corrected chi connectivity index (χ0v) is 19.3. The number of esters is 1. The van der Waals surface area contributed by atoms with Gasteiger partial charge < -0.3 is 14.8 Å². The number of likely N-dealkylation sites (N-methyl/N-ethyl adjacent to an activating group) is 1. The van der Waals surface area contributed by atoms with Crippen molar-refractivity contribution in [2.75, 3.05) is 33.4 Å². The van der Waals surface area contributed by atoms with Crippen molar-refractivity contribution >= 4 is 5.97 Å². The Labute approximate surface area is 192 Å². The molecule has 0 bridgehead atoms. The summed E-state index contributed by atoms with van der Waals surface area (Å²) in [6, 6.07) is 18.8. The van der Waals surface area contributed by atoms with Crippen molar-refractivity contribution in [1.82, 2.24) is 10.2 Å². The van der Waals surface area contributed by atoms with Crippen LogP contribution in [0.5, 0.6) is 5.75 Å². The summed E-state index contributed by atoms with van der Waals surface area (Å²) >= 11 is 0. The van der Waals surface area contributed by atoms with Gasteiger partial charge in [0.25, 0.3) is 0 Å². The lowest BCUT2D eigenvalue weighted by molar-refractivity contribution is -0.137. The third-order valence-corrected chi connectivity index (χ3v) is 4.94. The Morgan fingerprint density at radius 2 is 1.94 bits per heavy atom. The second-order valence-electron chi connectivity index (χ2n) is 7.43. The van der Waals surface area contributed by atoms with Gasteiger partial charge in [-0.25, -0.2) is 4.79 Å². The molecule has 5 nitrogen and oxygen atoms in total. The van der Waals surface area contributed by atoms with Crippen molar-refractivity contribution in [2.45, 2.75) is 32.9 Å². The average Bonchev–Trinajstić information content (AvgIpc) is 2.81. The Morgan fingerprint density at radius 1 is 1.16 bits per heavy atom. The van der Waals surface area contributed by atoms with Crippen LogP contribution in [0.15, 0.2) is 66.7 Å². The average molecular weight is 435 g/mol. The fourth-order valence-corrected chi connectivity index (χ4v) is 3.21. The molecule has 0 amide bonds. The van der Waals surface area contributed by atoms with E-state index >= 15 is 0 Å². The Hall–Kier alpha value is -3.07. The molecule has 0 radical (unpaired) electrons. The minimum absolute atomic E-state index is 0.290. The first kappa shape index (κ1) is 25.2. The third-order valence-electron chi connectivity index (χ3n) is 4.94. The first-order valence-electron chi connectivity index (χ1n) is 11.0. The number of ether oxygens (including phenoxy) is 2. The molecule has 170 valence electrons. The van der Waals surface area contributed by atoms with Gasteiger partial charge in [-0.05, 0) is 56.7 Å². The summed E-state index contributed by atoms with van der Waals surface area (Å²) < 4.78 is 10.6. The maximum atomic E-state index is 11.4. The smallest absolute Gasteiger partial charge is 0.330 e. The van der Waals surface area contributed by atoms with E-state index in [9.17, 15) is 4.79 Å². The van der Waals surface area contributed by atoms with Gasteiger partial charge in [-0.2, -0.15) is 0 Å². The molecule has 5 heteroatoms. The third kappa shape index (κ3) is 9.82. The predicted molar refractivity (Wildman–Crippen MR) is 129 cm³/mol. The maximum absolute atomic E-state index is 11.4. The van der Waals surface area contributed by atoms with Crippen LogP contribution in [0.4, 0.5) is 0 Å². The van der Waals surface area contributed by atoms with Crippen molar-refractivity contribution in [2.24, 2.45) is 0 Å². The molecule has 2 rings (SSSR count). The van der Waals surface area contributed by atoms with E-state index < -0.39 is 0 Å². The molecule has 0 aliphatic carbocycles. The van der Waals surface area contributed by atoms with Crippen LogP contribution in [0.25, 0.3) is 0 Å². The summed E-state index contributed by atoms with van der Waals surface area (Å²) in [5, 5.41) is 3.58. The Balaban J connectivity index is 1.95. The monoisotopic (exact) mass is 434 g/mol. The fourth-order valence-electron chi connectivity index (χ4n) is 3.21. The first-order chi connectivity index (χ1) is 15.6. The molecule has 0 fully saturated rings. The molecule has 0 aromatic heterocycles. The Morgan fingerprint density at radius 3 is 2.69 bits per heavy atom. The molecule has 0 saturated heterocycles. The van der Waals surface area contributed by atoms with E-state index in [0.717, 1.165) is 31.8 Å². The minimum Gasteiger partial charge on any atom is -0.490 e. The fraction of sp³-hybridized carbons (Fsp3) is 0.370. The molecule has 2 aromatic rings. The molecule has 1 atom stereocenters. The van der Waals surface area contributed by atoms with E-state index in [1.165, 1.54) is 17.2 Å². The summed E-state index contributed by atoms with van der Waals surface area (Å²) in [7, 11) is 2.11. The highest BCUT2D eigenvalue weighted by Crippen LogP contribution is 2.16. The highest BCUT2D eigenvalue weighted by atomic mass is 16.5. The lowest BCUT2D eigenvalue weighted by Crippen LogP contribution is -2.41. The van der Waals surface area contributed by atoms with Crippen LogP contribution in [0, 0.1) is 11.8 Å². The summed E-state index contributed by atoms with van der Waals surface area (Å²) in [6.07, 6.45) is 3.93. The molecule has 0 heterocycles. The highest BCUT2D eigenvalue weighted by Gasteiger charge is 2.15. The molecular weight excluding hydrogens is 400 g/mol. The standard InChI is InChI=1S/C27H34N2O3/c1-4-6-17-29(3)25(22-28-21-23-12-8-7-9-13-23)19-24-14-10-15-26(20-24)32-18-11-16-27(30)31-5-2/h7-16,20,25,28H,5,17-19,21-22H2,1-3H3/b16-11+/t25-/m0/s1. The van der Waals surface area contributed by atoms with E-state index in [2.05, 4.69) is 65.5 Å². The number of hydrogen-bond acceptors (Lipinski definition) is 5. The molecule has 2 aromatic carbocycles. The van der Waals surface area contributed by atoms with Gasteiger partial charge in [0.1, 0.15) is 12.4 Å². The molecule has 0 aliphatic heterocycles. The summed E-state index contributed by atoms with van der Waals surface area (Å²) in [5.74, 6) is 6.57. The van der Waals surface area contributed by atoms with Crippen LogP contribution in [-0.2, 0) is 22.5 Å². The van der Waals surface area contributed by atoms with E-state index in [4.69, 9.17) is 9.47 Å².